The lowest BCUT2D eigenvalue weighted by molar-refractivity contribution is -0.197. The van der Waals surface area contributed by atoms with E-state index in [9.17, 15) is 17.6 Å². The standard InChI is InChI=1S/C19H14F4O2/c1-2-12-10-24-18(25-11-12)15-5-6-16-14(9-15)4-3-13(17(16)20)7-8-19(21,22)23/h2-6,9,12,18H,1,10-11H2. The quantitative estimate of drug-likeness (QED) is 0.442. The Morgan fingerprint density at radius 2 is 1.84 bits per heavy atom. The van der Waals surface area contributed by atoms with Crippen molar-refractivity contribution >= 4 is 10.8 Å². The van der Waals surface area contributed by atoms with Gasteiger partial charge >= 0.3 is 6.18 Å². The molecule has 0 bridgehead atoms. The molecule has 2 aromatic rings. The monoisotopic (exact) mass is 350 g/mol. The molecule has 0 aromatic heterocycles. The predicted octanol–water partition coefficient (Wildman–Crippen LogP) is 4.74. The number of benzene rings is 2. The molecule has 3 rings (SSSR count). The molecule has 6 heteroatoms. The maximum absolute atomic E-state index is 14.4. The summed E-state index contributed by atoms with van der Waals surface area (Å²) in [4.78, 5) is 0. The lowest BCUT2D eigenvalue weighted by Crippen LogP contribution is -2.25. The van der Waals surface area contributed by atoms with Gasteiger partial charge in [0.25, 0.3) is 0 Å². The van der Waals surface area contributed by atoms with Crippen LogP contribution in [0.25, 0.3) is 10.8 Å². The normalized spacial score (nSPS) is 20.8. The van der Waals surface area contributed by atoms with Gasteiger partial charge in [0.2, 0.25) is 0 Å². The zero-order valence-corrected chi connectivity index (χ0v) is 13.1. The summed E-state index contributed by atoms with van der Waals surface area (Å²) in [5.41, 5.74) is 0.417. The fraction of sp³-hybridized carbons (Fsp3) is 0.263. The van der Waals surface area contributed by atoms with Crippen LogP contribution in [-0.2, 0) is 9.47 Å². The molecule has 0 spiro atoms. The fourth-order valence-electron chi connectivity index (χ4n) is 2.54. The molecule has 1 saturated heterocycles. The minimum Gasteiger partial charge on any atom is -0.348 e. The van der Waals surface area contributed by atoms with E-state index in [1.54, 1.807) is 18.2 Å². The second kappa shape index (κ2) is 6.87. The van der Waals surface area contributed by atoms with Crippen LogP contribution in [-0.4, -0.2) is 19.4 Å². The highest BCUT2D eigenvalue weighted by molar-refractivity contribution is 5.85. The van der Waals surface area contributed by atoms with Crippen molar-refractivity contribution in [1.82, 2.24) is 0 Å². The van der Waals surface area contributed by atoms with E-state index in [2.05, 4.69) is 6.58 Å². The number of halogens is 4. The zero-order valence-electron chi connectivity index (χ0n) is 13.1. The van der Waals surface area contributed by atoms with Crippen LogP contribution < -0.4 is 0 Å². The van der Waals surface area contributed by atoms with E-state index in [4.69, 9.17) is 9.47 Å². The number of ether oxygens (including phenoxy) is 2. The molecule has 1 aliphatic rings. The molecule has 2 nitrogen and oxygen atoms in total. The van der Waals surface area contributed by atoms with E-state index in [-0.39, 0.29) is 16.9 Å². The highest BCUT2D eigenvalue weighted by Crippen LogP contribution is 2.29. The van der Waals surface area contributed by atoms with Crippen molar-refractivity contribution in [3.05, 3.63) is 59.9 Å². The maximum Gasteiger partial charge on any atom is 0.458 e. The van der Waals surface area contributed by atoms with Gasteiger partial charge in [0.1, 0.15) is 5.82 Å². The van der Waals surface area contributed by atoms with Gasteiger partial charge in [0, 0.05) is 22.8 Å². The summed E-state index contributed by atoms with van der Waals surface area (Å²) in [7, 11) is 0. The van der Waals surface area contributed by atoms with Gasteiger partial charge in [0.15, 0.2) is 6.29 Å². The first-order valence-corrected chi connectivity index (χ1v) is 7.55. The molecule has 0 aliphatic carbocycles. The average molecular weight is 350 g/mol. The van der Waals surface area contributed by atoms with Crippen LogP contribution >= 0.6 is 0 Å². The first kappa shape index (κ1) is 17.5. The molecular weight excluding hydrogens is 336 g/mol. The SMILES string of the molecule is C=CC1COC(c2ccc3c(F)c(C#CC(F)(F)F)ccc3c2)OC1. The summed E-state index contributed by atoms with van der Waals surface area (Å²) in [5.74, 6) is 2.25. The summed E-state index contributed by atoms with van der Waals surface area (Å²) in [6.07, 6.45) is -3.46. The molecular formula is C19H14F4O2. The van der Waals surface area contributed by atoms with Crippen LogP contribution in [0.4, 0.5) is 17.6 Å². The van der Waals surface area contributed by atoms with Crippen molar-refractivity contribution in [2.45, 2.75) is 12.5 Å². The summed E-state index contributed by atoms with van der Waals surface area (Å²) >= 11 is 0. The highest BCUT2D eigenvalue weighted by atomic mass is 19.4. The summed E-state index contributed by atoms with van der Waals surface area (Å²) in [6.45, 7) is 4.65. The predicted molar refractivity (Wildman–Crippen MR) is 85.2 cm³/mol. The molecule has 2 aromatic carbocycles. The van der Waals surface area contributed by atoms with Crippen LogP contribution in [0, 0.1) is 23.6 Å². The third kappa shape index (κ3) is 4.01. The Morgan fingerprint density at radius 1 is 1.12 bits per heavy atom. The summed E-state index contributed by atoms with van der Waals surface area (Å²) in [5, 5.41) is 0.725. The van der Waals surface area contributed by atoms with E-state index in [0.29, 0.717) is 24.2 Å². The van der Waals surface area contributed by atoms with Gasteiger partial charge in [-0.25, -0.2) is 4.39 Å². The van der Waals surface area contributed by atoms with Crippen LogP contribution in [0.3, 0.4) is 0 Å². The molecule has 0 N–H and O–H groups in total. The third-order valence-electron chi connectivity index (χ3n) is 3.85. The minimum atomic E-state index is -4.66. The van der Waals surface area contributed by atoms with Crippen molar-refractivity contribution in [2.24, 2.45) is 5.92 Å². The second-order valence-corrected chi connectivity index (χ2v) is 5.65. The molecule has 130 valence electrons. The Bertz CT molecular complexity index is 853. The van der Waals surface area contributed by atoms with E-state index in [1.165, 1.54) is 18.2 Å². The highest BCUT2D eigenvalue weighted by Gasteiger charge is 2.24. The van der Waals surface area contributed by atoms with Crippen molar-refractivity contribution in [1.29, 1.82) is 0 Å². The van der Waals surface area contributed by atoms with Gasteiger partial charge in [-0.1, -0.05) is 30.2 Å². The van der Waals surface area contributed by atoms with E-state index >= 15 is 0 Å². The molecule has 0 amide bonds. The number of alkyl halides is 3. The lowest BCUT2D eigenvalue weighted by Gasteiger charge is -2.28. The molecule has 25 heavy (non-hydrogen) atoms. The van der Waals surface area contributed by atoms with Crippen LogP contribution in [0.2, 0.25) is 0 Å². The average Bonchev–Trinajstić information content (AvgIpc) is 2.60. The smallest absolute Gasteiger partial charge is 0.348 e. The van der Waals surface area contributed by atoms with Gasteiger partial charge in [-0.2, -0.15) is 13.2 Å². The molecule has 0 saturated carbocycles. The molecule has 0 radical (unpaired) electrons. The first-order chi connectivity index (χ1) is 11.9. The van der Waals surface area contributed by atoms with Gasteiger partial charge in [-0.05, 0) is 17.5 Å². The van der Waals surface area contributed by atoms with Crippen LogP contribution in [0.1, 0.15) is 17.4 Å². The van der Waals surface area contributed by atoms with Crippen molar-refractivity contribution in [2.75, 3.05) is 13.2 Å². The lowest BCUT2D eigenvalue weighted by atomic mass is 10.0. The number of hydrogen-bond acceptors (Lipinski definition) is 2. The topological polar surface area (TPSA) is 18.5 Å². The molecule has 1 heterocycles. The number of hydrogen-bond donors (Lipinski definition) is 0. The van der Waals surface area contributed by atoms with Gasteiger partial charge in [0.05, 0.1) is 18.8 Å². The van der Waals surface area contributed by atoms with E-state index in [1.807, 2.05) is 5.92 Å². The number of rotatable bonds is 2. The van der Waals surface area contributed by atoms with Gasteiger partial charge in [-0.3, -0.25) is 0 Å². The first-order valence-electron chi connectivity index (χ1n) is 7.55. The van der Waals surface area contributed by atoms with Crippen molar-refractivity contribution in [3.63, 3.8) is 0 Å². The fourth-order valence-corrected chi connectivity index (χ4v) is 2.54. The Kier molecular flexibility index (Phi) is 4.80. The number of fused-ring (bicyclic) bond motifs is 1. The van der Waals surface area contributed by atoms with Crippen LogP contribution in [0.15, 0.2) is 43.0 Å². The van der Waals surface area contributed by atoms with E-state index in [0.717, 1.165) is 5.92 Å². The zero-order chi connectivity index (χ0) is 18.0. The summed E-state index contributed by atoms with van der Waals surface area (Å²) in [6, 6.07) is 7.57. The van der Waals surface area contributed by atoms with Gasteiger partial charge in [-0.15, -0.1) is 6.58 Å². The second-order valence-electron chi connectivity index (χ2n) is 5.65. The molecule has 1 aliphatic heterocycles. The van der Waals surface area contributed by atoms with Gasteiger partial charge < -0.3 is 9.47 Å². The van der Waals surface area contributed by atoms with E-state index < -0.39 is 18.3 Å². The Labute approximate surface area is 142 Å². The molecule has 0 atom stereocenters. The van der Waals surface area contributed by atoms with Crippen molar-refractivity contribution in [3.8, 4) is 11.8 Å². The summed E-state index contributed by atoms with van der Waals surface area (Å²) < 4.78 is 62.1. The molecule has 1 fully saturated rings. The van der Waals surface area contributed by atoms with Crippen molar-refractivity contribution < 1.29 is 27.0 Å². The largest absolute Gasteiger partial charge is 0.458 e. The molecule has 0 unspecified atom stereocenters. The Morgan fingerprint density at radius 3 is 2.48 bits per heavy atom. The Balaban J connectivity index is 1.89. The maximum atomic E-state index is 14.4. The minimum absolute atomic E-state index is 0.129. The van der Waals surface area contributed by atoms with Crippen LogP contribution in [0.5, 0.6) is 0 Å². The third-order valence-corrected chi connectivity index (χ3v) is 3.85. The Hall–Kier alpha value is -2.36.